The van der Waals surface area contributed by atoms with Gasteiger partial charge in [-0.05, 0) is 57.9 Å². The number of hydrogen-bond donors (Lipinski definition) is 1. The second-order valence-electron chi connectivity index (χ2n) is 7.92. The van der Waals surface area contributed by atoms with Crippen LogP contribution in [0.2, 0.25) is 0 Å². The normalized spacial score (nSPS) is 21.8. The molecule has 0 saturated carbocycles. The van der Waals surface area contributed by atoms with E-state index in [2.05, 4.69) is 31.9 Å². The van der Waals surface area contributed by atoms with Gasteiger partial charge in [-0.25, -0.2) is 9.61 Å². The number of aromatic amines is 1. The van der Waals surface area contributed by atoms with Crippen LogP contribution in [0.15, 0.2) is 15.5 Å². The molecule has 1 unspecified atom stereocenters. The molecule has 1 amide bonds. The van der Waals surface area contributed by atoms with Crippen LogP contribution in [0.1, 0.15) is 65.2 Å². The molecule has 0 bridgehead atoms. The number of piperidine rings is 2. The first kappa shape index (κ1) is 18.8. The fourth-order valence-electron chi connectivity index (χ4n) is 4.16. The topological polar surface area (TPSA) is 108 Å². The summed E-state index contributed by atoms with van der Waals surface area (Å²) in [5, 5.41) is 7.43. The highest BCUT2D eigenvalue weighted by atomic mass is 16.6. The maximum Gasteiger partial charge on any atom is 0.278 e. The van der Waals surface area contributed by atoms with Gasteiger partial charge in [0.2, 0.25) is 0 Å². The Morgan fingerprint density at radius 2 is 1.96 bits per heavy atom. The number of carbonyl (C=O) groups is 1. The van der Waals surface area contributed by atoms with Gasteiger partial charge in [0.15, 0.2) is 5.69 Å². The third-order valence-electron chi connectivity index (χ3n) is 5.87. The number of aryl methyl sites for hydroxylation is 1. The van der Waals surface area contributed by atoms with E-state index in [0.717, 1.165) is 50.3 Å². The van der Waals surface area contributed by atoms with Crippen LogP contribution in [0.5, 0.6) is 0 Å². The maximum absolute atomic E-state index is 12.7. The van der Waals surface area contributed by atoms with E-state index in [1.54, 1.807) is 17.9 Å². The highest BCUT2D eigenvalue weighted by molar-refractivity contribution is 5.93. The van der Waals surface area contributed by atoms with Crippen molar-refractivity contribution in [3.63, 3.8) is 0 Å². The highest BCUT2D eigenvalue weighted by Gasteiger charge is 2.30. The van der Waals surface area contributed by atoms with Crippen LogP contribution in [0.4, 0.5) is 0 Å². The van der Waals surface area contributed by atoms with Gasteiger partial charge in [-0.3, -0.25) is 9.59 Å². The zero-order valence-electron chi connectivity index (χ0n) is 16.3. The Labute approximate surface area is 163 Å². The number of rotatable bonds is 3. The van der Waals surface area contributed by atoms with Crippen molar-refractivity contribution in [3.05, 3.63) is 39.3 Å². The van der Waals surface area contributed by atoms with E-state index in [-0.39, 0.29) is 29.0 Å². The molecule has 0 radical (unpaired) electrons. The Morgan fingerprint density at radius 1 is 1.18 bits per heavy atom. The summed E-state index contributed by atoms with van der Waals surface area (Å²) in [4.78, 5) is 36.8. The number of amides is 1. The molecule has 0 spiro atoms. The zero-order valence-corrected chi connectivity index (χ0v) is 16.3. The molecule has 9 nitrogen and oxygen atoms in total. The molecule has 0 aromatic carbocycles. The average molecular weight is 386 g/mol. The van der Waals surface area contributed by atoms with Crippen LogP contribution in [-0.4, -0.2) is 69.2 Å². The van der Waals surface area contributed by atoms with Gasteiger partial charge < -0.3 is 14.8 Å². The summed E-state index contributed by atoms with van der Waals surface area (Å²) < 4.78 is 4.67. The van der Waals surface area contributed by atoms with Crippen LogP contribution in [-0.2, 0) is 0 Å². The molecule has 0 aliphatic carbocycles. The van der Waals surface area contributed by atoms with E-state index in [9.17, 15) is 9.59 Å². The number of carbonyl (C=O) groups excluding carboxylic acids is 1. The lowest BCUT2D eigenvalue weighted by Crippen LogP contribution is -2.40. The highest BCUT2D eigenvalue weighted by Crippen LogP contribution is 2.29. The Kier molecular flexibility index (Phi) is 5.25. The number of nitrogens with one attached hydrogen (secondary N) is 1. The van der Waals surface area contributed by atoms with Crippen LogP contribution < -0.4 is 5.56 Å². The fourth-order valence-corrected chi connectivity index (χ4v) is 4.16. The van der Waals surface area contributed by atoms with Crippen LogP contribution >= 0.6 is 0 Å². The first-order chi connectivity index (χ1) is 13.5. The molecule has 2 aliphatic heterocycles. The van der Waals surface area contributed by atoms with Gasteiger partial charge in [0.1, 0.15) is 11.5 Å². The molecular weight excluding hydrogens is 360 g/mol. The van der Waals surface area contributed by atoms with Crippen molar-refractivity contribution < 1.29 is 9.42 Å². The summed E-state index contributed by atoms with van der Waals surface area (Å²) in [5.74, 6) is 0.943. The molecule has 2 saturated heterocycles. The molecule has 4 heterocycles. The van der Waals surface area contributed by atoms with Gasteiger partial charge in [-0.15, -0.1) is 0 Å². The number of aromatic nitrogens is 4. The number of H-pyrrole nitrogens is 1. The lowest BCUT2D eigenvalue weighted by Gasteiger charge is -2.32. The van der Waals surface area contributed by atoms with E-state index in [1.807, 2.05) is 0 Å². The van der Waals surface area contributed by atoms with E-state index < -0.39 is 0 Å². The molecule has 150 valence electrons. The zero-order chi connectivity index (χ0) is 19.7. The fraction of sp³-hybridized carbons (Fsp3) is 0.632. The summed E-state index contributed by atoms with van der Waals surface area (Å²) in [6, 6.07) is 1.58. The largest absolute Gasteiger partial charge is 0.336 e. The van der Waals surface area contributed by atoms with Gasteiger partial charge in [-0.2, -0.15) is 0 Å². The summed E-state index contributed by atoms with van der Waals surface area (Å²) in [6.07, 6.45) is 3.76. The molecule has 2 aromatic heterocycles. The predicted octanol–water partition coefficient (Wildman–Crippen LogP) is 1.29. The lowest BCUT2D eigenvalue weighted by molar-refractivity contribution is 0.0694. The summed E-state index contributed by atoms with van der Waals surface area (Å²) >= 11 is 0. The average Bonchev–Trinajstić information content (AvgIpc) is 3.13. The van der Waals surface area contributed by atoms with Crippen molar-refractivity contribution in [2.75, 3.05) is 33.2 Å². The van der Waals surface area contributed by atoms with E-state index in [0.29, 0.717) is 18.8 Å². The van der Waals surface area contributed by atoms with E-state index in [4.69, 9.17) is 4.98 Å². The quantitative estimate of drug-likeness (QED) is 0.847. The van der Waals surface area contributed by atoms with Gasteiger partial charge in [0, 0.05) is 31.0 Å². The summed E-state index contributed by atoms with van der Waals surface area (Å²) in [5.41, 5.74) is 1.42. The molecule has 1 N–H and O–H groups in total. The molecule has 1 atom stereocenters. The number of nitrogens with zero attached hydrogens (tertiary/aromatic N) is 5. The van der Waals surface area contributed by atoms with Crippen molar-refractivity contribution in [2.45, 2.75) is 44.4 Å². The minimum atomic E-state index is -0.177. The standard InChI is InChI=1S/C19H26N6O3/c1-12-17(23-28-22-12)19(27)25-7-3-4-14(11-25)15-10-16(26)21-18(20-15)13-5-8-24(2)9-6-13/h10,13-14H,3-9,11H2,1-2H3,(H,20,21,26). The first-order valence-electron chi connectivity index (χ1n) is 9.89. The summed E-state index contributed by atoms with van der Waals surface area (Å²) in [6.45, 7) is 4.91. The van der Waals surface area contributed by atoms with Gasteiger partial charge in [0.05, 0.1) is 5.69 Å². The molecule has 9 heteroatoms. The molecule has 2 aromatic rings. The van der Waals surface area contributed by atoms with Gasteiger partial charge in [-0.1, -0.05) is 5.16 Å². The molecule has 2 fully saturated rings. The number of hydrogen-bond acceptors (Lipinski definition) is 7. The maximum atomic E-state index is 12.7. The van der Waals surface area contributed by atoms with Crippen molar-refractivity contribution in [2.24, 2.45) is 0 Å². The predicted molar refractivity (Wildman–Crippen MR) is 101 cm³/mol. The van der Waals surface area contributed by atoms with Crippen molar-refractivity contribution in [1.82, 2.24) is 30.1 Å². The van der Waals surface area contributed by atoms with Crippen LogP contribution in [0, 0.1) is 6.92 Å². The Balaban J connectivity index is 1.53. The van der Waals surface area contributed by atoms with Gasteiger partial charge in [0.25, 0.3) is 11.5 Å². The van der Waals surface area contributed by atoms with Crippen molar-refractivity contribution in [3.8, 4) is 0 Å². The lowest BCUT2D eigenvalue weighted by atomic mass is 9.93. The number of likely N-dealkylation sites (tertiary alicyclic amines) is 2. The van der Waals surface area contributed by atoms with Crippen molar-refractivity contribution >= 4 is 5.91 Å². The van der Waals surface area contributed by atoms with Crippen LogP contribution in [0.25, 0.3) is 0 Å². The SMILES string of the molecule is Cc1nonc1C(=O)N1CCCC(c2cc(=O)[nH]c(C3CCN(C)CC3)n2)C1. The smallest absolute Gasteiger partial charge is 0.278 e. The minimum absolute atomic E-state index is 0.0465. The third kappa shape index (κ3) is 3.84. The third-order valence-corrected chi connectivity index (χ3v) is 5.87. The summed E-state index contributed by atoms with van der Waals surface area (Å²) in [7, 11) is 2.11. The second-order valence-corrected chi connectivity index (χ2v) is 7.92. The minimum Gasteiger partial charge on any atom is -0.336 e. The monoisotopic (exact) mass is 386 g/mol. The van der Waals surface area contributed by atoms with Crippen LogP contribution in [0.3, 0.4) is 0 Å². The van der Waals surface area contributed by atoms with E-state index >= 15 is 0 Å². The van der Waals surface area contributed by atoms with Gasteiger partial charge >= 0.3 is 0 Å². The Morgan fingerprint density at radius 3 is 2.68 bits per heavy atom. The molecule has 28 heavy (non-hydrogen) atoms. The molecule has 4 rings (SSSR count). The van der Waals surface area contributed by atoms with Crippen molar-refractivity contribution in [1.29, 1.82) is 0 Å². The molecule has 2 aliphatic rings. The Bertz CT molecular complexity index is 899. The van der Waals surface area contributed by atoms with E-state index in [1.165, 1.54) is 0 Å². The Hall–Kier alpha value is -2.55. The first-order valence-corrected chi connectivity index (χ1v) is 9.89. The molecular formula is C19H26N6O3. The second kappa shape index (κ2) is 7.83.